The Morgan fingerprint density at radius 3 is 2.54 bits per heavy atom. The summed E-state index contributed by atoms with van der Waals surface area (Å²) in [5, 5.41) is 0. The van der Waals surface area contributed by atoms with Gasteiger partial charge in [0, 0.05) is 22.6 Å². The second-order valence-corrected chi connectivity index (χ2v) is 5.60. The molecule has 0 bridgehead atoms. The van der Waals surface area contributed by atoms with E-state index in [1.165, 1.54) is 44.9 Å². The summed E-state index contributed by atoms with van der Waals surface area (Å²) in [6.45, 7) is 8.66. The average Bonchev–Trinajstić information content (AvgIpc) is 2.95. The molecule has 0 aromatic heterocycles. The summed E-state index contributed by atoms with van der Waals surface area (Å²) >= 11 is 0. The number of hydrogen-bond donors (Lipinski definition) is 0. The van der Waals surface area contributed by atoms with Crippen molar-refractivity contribution in [3.63, 3.8) is 0 Å². The van der Waals surface area contributed by atoms with Crippen LogP contribution in [0.3, 0.4) is 0 Å². The molecule has 1 aliphatic heterocycles. The monoisotopic (exact) mass is 197 g/mol. The fourth-order valence-corrected chi connectivity index (χ4v) is 3.32. The van der Waals surface area contributed by atoms with E-state index < -0.39 is 0 Å². The Hall–Kier alpha value is -0.0831. The highest BCUT2D eigenvalue weighted by Gasteiger charge is 2.14. The average molecular weight is 197 g/mol. The van der Waals surface area contributed by atoms with Gasteiger partial charge in [0.25, 0.3) is 0 Å². The predicted octanol–water partition coefficient (Wildman–Crippen LogP) is 1.98. The molecule has 1 heterocycles. The van der Waals surface area contributed by atoms with Crippen LogP contribution in [0.4, 0.5) is 0 Å². The summed E-state index contributed by atoms with van der Waals surface area (Å²) < 4.78 is 0. The molecule has 0 atom stereocenters. The van der Waals surface area contributed by atoms with Crippen LogP contribution in [0, 0.1) is 0 Å². The molecule has 1 saturated heterocycles. The zero-order valence-electron chi connectivity index (χ0n) is 9.18. The first-order chi connectivity index (χ1) is 6.36. The maximum Gasteiger partial charge on any atom is 0.0454 e. The number of nitrogens with zero attached hydrogens (tertiary/aromatic N) is 1. The molecule has 0 N–H and O–H groups in total. The number of hydrogen-bond acceptors (Lipinski definition) is 1. The van der Waals surface area contributed by atoms with Crippen molar-refractivity contribution in [3.05, 3.63) is 11.3 Å². The van der Waals surface area contributed by atoms with Crippen molar-refractivity contribution >= 4 is 9.52 Å². The van der Waals surface area contributed by atoms with Gasteiger partial charge >= 0.3 is 0 Å². The summed E-state index contributed by atoms with van der Waals surface area (Å²) in [4.78, 5) is 2.53. The van der Waals surface area contributed by atoms with Crippen LogP contribution in [0.5, 0.6) is 0 Å². The first-order valence-corrected chi connectivity index (χ1v) is 7.58. The van der Waals surface area contributed by atoms with Gasteiger partial charge in [-0.3, -0.25) is 0 Å². The molecule has 76 valence electrons. The highest BCUT2D eigenvalue weighted by atomic mass is 28.2. The van der Waals surface area contributed by atoms with Crippen molar-refractivity contribution in [2.75, 3.05) is 19.6 Å². The minimum absolute atomic E-state index is 0.138. The van der Waals surface area contributed by atoms with Crippen molar-refractivity contribution < 1.29 is 0 Å². The predicted molar refractivity (Wildman–Crippen MR) is 63.1 cm³/mol. The number of rotatable bonds is 7. The van der Waals surface area contributed by atoms with Crippen LogP contribution in [0.2, 0.25) is 6.04 Å². The molecule has 1 nitrogen and oxygen atoms in total. The lowest BCUT2D eigenvalue weighted by Gasteiger charge is -2.00. The van der Waals surface area contributed by atoms with Crippen LogP contribution < -0.4 is 0 Å². The van der Waals surface area contributed by atoms with Crippen molar-refractivity contribution in [3.8, 4) is 0 Å². The normalized spacial score (nSPS) is 16.8. The molecule has 13 heavy (non-hydrogen) atoms. The Labute approximate surface area is 85.0 Å². The van der Waals surface area contributed by atoms with Crippen LogP contribution in [0.1, 0.15) is 33.1 Å². The number of allylic oxidation sites excluding steroid dienone is 1. The Kier molecular flexibility index (Phi) is 5.40. The standard InChI is InChI=1S/C11H23NSi/c1-3-11(4-2)10-13-9-5-6-12-7-8-12/h10H,3-9,13H2,1-2H3. The third-order valence-corrected chi connectivity index (χ3v) is 4.58. The summed E-state index contributed by atoms with van der Waals surface area (Å²) in [6, 6.07) is 1.51. The van der Waals surface area contributed by atoms with E-state index in [4.69, 9.17) is 0 Å². The second kappa shape index (κ2) is 6.38. The third-order valence-electron chi connectivity index (χ3n) is 2.81. The molecule has 1 rings (SSSR count). The molecule has 0 saturated carbocycles. The molecular weight excluding hydrogens is 174 g/mol. The van der Waals surface area contributed by atoms with Crippen molar-refractivity contribution in [1.29, 1.82) is 0 Å². The molecular formula is C11H23NSi. The fourth-order valence-electron chi connectivity index (χ4n) is 1.62. The van der Waals surface area contributed by atoms with Gasteiger partial charge in [0.05, 0.1) is 0 Å². The quantitative estimate of drug-likeness (QED) is 0.343. The lowest BCUT2D eigenvalue weighted by atomic mass is 10.2. The van der Waals surface area contributed by atoms with Crippen molar-refractivity contribution in [2.24, 2.45) is 0 Å². The van der Waals surface area contributed by atoms with Gasteiger partial charge in [-0.05, 0) is 25.8 Å². The van der Waals surface area contributed by atoms with Gasteiger partial charge in [0.2, 0.25) is 0 Å². The Bertz CT molecular complexity index is 155. The molecule has 0 aromatic carbocycles. The maximum absolute atomic E-state index is 2.59. The van der Waals surface area contributed by atoms with Gasteiger partial charge in [-0.2, -0.15) is 0 Å². The van der Waals surface area contributed by atoms with Crippen LogP contribution in [-0.4, -0.2) is 34.1 Å². The minimum atomic E-state index is 0.138. The summed E-state index contributed by atoms with van der Waals surface area (Å²) in [7, 11) is 0.138. The molecule has 1 fully saturated rings. The van der Waals surface area contributed by atoms with E-state index in [-0.39, 0.29) is 9.52 Å². The summed E-state index contributed by atoms with van der Waals surface area (Å²) in [6.07, 6.45) is 3.99. The molecule has 0 spiro atoms. The van der Waals surface area contributed by atoms with E-state index >= 15 is 0 Å². The largest absolute Gasteiger partial charge is 0.301 e. The van der Waals surface area contributed by atoms with Gasteiger partial charge in [-0.1, -0.05) is 25.5 Å². The van der Waals surface area contributed by atoms with Gasteiger partial charge in [-0.15, -0.1) is 5.70 Å². The van der Waals surface area contributed by atoms with E-state index in [1.54, 1.807) is 5.57 Å². The van der Waals surface area contributed by atoms with Crippen molar-refractivity contribution in [2.45, 2.75) is 39.2 Å². The Morgan fingerprint density at radius 1 is 1.31 bits per heavy atom. The molecule has 0 aliphatic carbocycles. The Balaban J connectivity index is 1.94. The van der Waals surface area contributed by atoms with Gasteiger partial charge in [0.15, 0.2) is 0 Å². The van der Waals surface area contributed by atoms with E-state index in [0.717, 1.165) is 0 Å². The fraction of sp³-hybridized carbons (Fsp3) is 0.818. The third kappa shape index (κ3) is 5.27. The zero-order chi connectivity index (χ0) is 9.52. The highest BCUT2D eigenvalue weighted by Crippen LogP contribution is 2.07. The lowest BCUT2D eigenvalue weighted by Crippen LogP contribution is -2.00. The highest BCUT2D eigenvalue weighted by molar-refractivity contribution is 6.42. The SMILES string of the molecule is CCC(=C[SiH2]CCCN1CC1)CC. The van der Waals surface area contributed by atoms with Gasteiger partial charge in [-0.25, -0.2) is 0 Å². The molecule has 2 heteroatoms. The summed E-state index contributed by atoms with van der Waals surface area (Å²) in [5.74, 6) is 0. The maximum atomic E-state index is 2.59. The molecule has 0 unspecified atom stereocenters. The van der Waals surface area contributed by atoms with E-state index in [1.807, 2.05) is 0 Å². The van der Waals surface area contributed by atoms with E-state index in [9.17, 15) is 0 Å². The molecule has 0 radical (unpaired) electrons. The van der Waals surface area contributed by atoms with Crippen LogP contribution in [0.25, 0.3) is 0 Å². The van der Waals surface area contributed by atoms with Crippen LogP contribution in [-0.2, 0) is 0 Å². The minimum Gasteiger partial charge on any atom is -0.301 e. The second-order valence-electron chi connectivity index (χ2n) is 3.91. The molecule has 1 aliphatic rings. The van der Waals surface area contributed by atoms with Gasteiger partial charge < -0.3 is 4.90 Å². The first-order valence-electron chi connectivity index (χ1n) is 5.77. The lowest BCUT2D eigenvalue weighted by molar-refractivity contribution is 0.551. The smallest absolute Gasteiger partial charge is 0.0454 e. The molecule has 0 amide bonds. The van der Waals surface area contributed by atoms with Gasteiger partial charge in [0.1, 0.15) is 0 Å². The van der Waals surface area contributed by atoms with Crippen LogP contribution >= 0.6 is 0 Å². The van der Waals surface area contributed by atoms with E-state index in [0.29, 0.717) is 0 Å². The Morgan fingerprint density at radius 2 is 2.00 bits per heavy atom. The van der Waals surface area contributed by atoms with E-state index in [2.05, 4.69) is 24.4 Å². The summed E-state index contributed by atoms with van der Waals surface area (Å²) in [5.41, 5.74) is 4.28. The first kappa shape index (κ1) is 11.0. The zero-order valence-corrected chi connectivity index (χ0v) is 10.6. The van der Waals surface area contributed by atoms with Crippen LogP contribution in [0.15, 0.2) is 11.3 Å². The topological polar surface area (TPSA) is 3.01 Å². The molecule has 0 aromatic rings. The van der Waals surface area contributed by atoms with Crippen molar-refractivity contribution in [1.82, 2.24) is 4.90 Å².